The Morgan fingerprint density at radius 3 is 2.57 bits per heavy atom. The molecule has 2 aromatic rings. The van der Waals surface area contributed by atoms with Gasteiger partial charge in [-0.25, -0.2) is 4.99 Å². The Hall–Kier alpha value is -4.16. The molecule has 0 radical (unpaired) electrons. The lowest BCUT2D eigenvalue weighted by atomic mass is 9.93. The number of carbonyl (C=O) groups is 3. The highest BCUT2D eigenvalue weighted by atomic mass is 16.5. The second kappa shape index (κ2) is 15.6. The molecule has 12 nitrogen and oxygen atoms in total. The van der Waals surface area contributed by atoms with Crippen LogP contribution in [0.5, 0.6) is 5.75 Å². The van der Waals surface area contributed by atoms with Crippen LogP contribution in [-0.2, 0) is 20.9 Å². The van der Waals surface area contributed by atoms with Gasteiger partial charge >= 0.3 is 0 Å². The van der Waals surface area contributed by atoms with Crippen molar-refractivity contribution in [1.29, 1.82) is 0 Å². The van der Waals surface area contributed by atoms with E-state index in [9.17, 15) is 14.4 Å². The molecule has 2 aliphatic rings. The summed E-state index contributed by atoms with van der Waals surface area (Å²) in [6.45, 7) is 5.25. The summed E-state index contributed by atoms with van der Waals surface area (Å²) in [5.41, 5.74) is 6.73. The van der Waals surface area contributed by atoms with Crippen LogP contribution >= 0.6 is 0 Å². The van der Waals surface area contributed by atoms with E-state index in [0.717, 1.165) is 5.56 Å². The topological polar surface area (TPSA) is 133 Å². The molecular formula is C35H51N7O5. The van der Waals surface area contributed by atoms with E-state index in [1.165, 1.54) is 18.1 Å². The van der Waals surface area contributed by atoms with Crippen LogP contribution in [-0.4, -0.2) is 122 Å². The smallest absolute Gasteiger partial charge is 0.288 e. The third kappa shape index (κ3) is 8.81. The first-order valence-corrected chi connectivity index (χ1v) is 15.7. The molecule has 1 fully saturated rings. The van der Waals surface area contributed by atoms with Crippen molar-refractivity contribution < 1.29 is 29.3 Å². The number of benzene rings is 2. The van der Waals surface area contributed by atoms with Gasteiger partial charge in [0, 0.05) is 25.1 Å². The maximum atomic E-state index is 14.4. The van der Waals surface area contributed by atoms with Crippen molar-refractivity contribution in [2.75, 3.05) is 61.4 Å². The first kappa shape index (κ1) is 30.2. The van der Waals surface area contributed by atoms with Crippen molar-refractivity contribution in [3.63, 3.8) is 0 Å². The Labute approximate surface area is 284 Å². The molecule has 4 rings (SSSR count). The number of nitrogens with zero attached hydrogens (tertiary/aromatic N) is 5. The number of amidine groups is 1. The molecular weight excluding hydrogens is 598 g/mol. The highest BCUT2D eigenvalue weighted by Gasteiger charge is 2.45. The predicted octanol–water partition coefficient (Wildman–Crippen LogP) is 2.49. The van der Waals surface area contributed by atoms with Crippen LogP contribution in [0.4, 0.5) is 0 Å². The number of methoxy groups -OCH3 is 1. The lowest BCUT2D eigenvalue weighted by Crippen LogP contribution is -2.64. The van der Waals surface area contributed by atoms with Gasteiger partial charge in [0.25, 0.3) is 11.9 Å². The van der Waals surface area contributed by atoms with E-state index in [1.54, 1.807) is 21.9 Å². The van der Waals surface area contributed by atoms with Crippen LogP contribution < -0.4 is 15.8 Å². The van der Waals surface area contributed by atoms with Gasteiger partial charge in [-0.15, -0.1) is 0 Å². The third-order valence-corrected chi connectivity index (χ3v) is 8.51. The Bertz CT molecular complexity index is 1510. The minimum absolute atomic E-state index is 0.0127. The molecule has 256 valence electrons. The Kier molecular flexibility index (Phi) is 10.0. The maximum absolute atomic E-state index is 14.4. The highest BCUT2D eigenvalue weighted by Crippen LogP contribution is 2.38. The molecule has 12 heteroatoms. The van der Waals surface area contributed by atoms with Crippen LogP contribution in [0.1, 0.15) is 66.2 Å². The molecule has 3 amide bonds. The molecule has 47 heavy (non-hydrogen) atoms. The van der Waals surface area contributed by atoms with E-state index < -0.39 is 29.4 Å². The molecule has 0 saturated carbocycles. The minimum atomic E-state index is -0.953. The van der Waals surface area contributed by atoms with Gasteiger partial charge in [0.1, 0.15) is 17.3 Å². The fourth-order valence-corrected chi connectivity index (χ4v) is 5.96. The molecule has 2 aromatic carbocycles. The number of nitrogens with one attached hydrogen (secondary N) is 1. The van der Waals surface area contributed by atoms with Crippen LogP contribution in [0.25, 0.3) is 0 Å². The van der Waals surface area contributed by atoms with Gasteiger partial charge in [-0.05, 0) is 84.6 Å². The Balaban J connectivity index is 1.58. The van der Waals surface area contributed by atoms with Crippen LogP contribution in [0.15, 0.2) is 53.5 Å². The lowest BCUT2D eigenvalue weighted by molar-refractivity contribution is -0.147. The monoisotopic (exact) mass is 653 g/mol. The summed E-state index contributed by atoms with van der Waals surface area (Å²) in [5.74, 6) is -1.10. The summed E-state index contributed by atoms with van der Waals surface area (Å²) >= 11 is 0. The summed E-state index contributed by atoms with van der Waals surface area (Å²) in [6.07, 6.45) is 1.26. The van der Waals surface area contributed by atoms with Crippen molar-refractivity contribution in [2.24, 2.45) is 10.7 Å². The van der Waals surface area contributed by atoms with E-state index in [4.69, 9.17) is 25.7 Å². The maximum Gasteiger partial charge on any atom is 0.288 e. The van der Waals surface area contributed by atoms with E-state index >= 15 is 0 Å². The van der Waals surface area contributed by atoms with Crippen molar-refractivity contribution in [1.82, 2.24) is 24.9 Å². The van der Waals surface area contributed by atoms with Crippen molar-refractivity contribution in [3.05, 3.63) is 65.2 Å². The molecule has 0 unspecified atom stereocenters. The number of ether oxygens (including phenoxy) is 2. The fraction of sp³-hybridized carbons (Fsp3) is 0.543. The molecule has 2 aliphatic heterocycles. The van der Waals surface area contributed by atoms with Crippen LogP contribution in [0.3, 0.4) is 0 Å². The number of likely N-dealkylation sites (N-methyl/N-ethyl adjacent to an activating group) is 1. The number of rotatable bonds is 13. The summed E-state index contributed by atoms with van der Waals surface area (Å²) in [4.78, 5) is 51.7. The van der Waals surface area contributed by atoms with Crippen molar-refractivity contribution >= 4 is 23.7 Å². The van der Waals surface area contributed by atoms with E-state index in [1.807, 2.05) is 49.1 Å². The first-order valence-electron chi connectivity index (χ1n) is 18.5. The number of piperazine rings is 1. The second-order valence-electron chi connectivity index (χ2n) is 12.6. The standard InChI is InChI=1S/C35H51N7O5/c1-35(2)30(25-13-9-8-10-14-25)47-34(38-35)41-19-20-42(33(45)27(40(5)6)15-11-12-18-39(3)4)28(23-41)32(44)37-22-24-16-17-26(31(36)43)29(21-24)46-7/h8-10,13-14,16-17,21,27-28,30H,11-12,15,18-20,22-23H2,1-7H3,(H2,36,43)(H,37,44)/t27-,28-,30-/m0/s1/i3D,4D,5D,6D. The minimum Gasteiger partial charge on any atom is -0.496 e. The number of aliphatic imine (C=N–C) groups is 1. The van der Waals surface area contributed by atoms with E-state index in [2.05, 4.69) is 5.32 Å². The number of amides is 3. The third-order valence-electron chi connectivity index (χ3n) is 8.51. The van der Waals surface area contributed by atoms with Crippen molar-refractivity contribution in [2.45, 2.75) is 63.4 Å². The molecule has 0 aliphatic carbocycles. The zero-order chi connectivity index (χ0) is 37.1. The summed E-state index contributed by atoms with van der Waals surface area (Å²) in [7, 11) is 0.936. The molecule has 3 atom stereocenters. The molecule has 0 bridgehead atoms. The summed E-state index contributed by atoms with van der Waals surface area (Å²) in [5, 5.41) is 2.95. The van der Waals surface area contributed by atoms with Gasteiger partial charge in [0.15, 0.2) is 6.10 Å². The molecule has 0 spiro atoms. The summed E-state index contributed by atoms with van der Waals surface area (Å²) in [6, 6.07) is 13.3. The van der Waals surface area contributed by atoms with E-state index in [0.29, 0.717) is 43.9 Å². The van der Waals surface area contributed by atoms with Crippen molar-refractivity contribution in [3.8, 4) is 5.75 Å². The van der Waals surface area contributed by atoms with Gasteiger partial charge < -0.3 is 35.2 Å². The Morgan fingerprint density at radius 2 is 1.89 bits per heavy atom. The van der Waals surface area contributed by atoms with Gasteiger partial charge in [0.05, 0.1) is 25.3 Å². The number of primary amides is 1. The number of unbranched alkanes of at least 4 members (excludes halogenated alkanes) is 1. The fourth-order valence-electron chi connectivity index (χ4n) is 5.96. The Morgan fingerprint density at radius 1 is 1.13 bits per heavy atom. The molecule has 0 aromatic heterocycles. The number of hydrogen-bond acceptors (Lipinski definition) is 9. The van der Waals surface area contributed by atoms with Gasteiger partial charge in [-0.1, -0.05) is 42.8 Å². The second-order valence-corrected chi connectivity index (χ2v) is 12.6. The first-order chi connectivity index (χ1) is 24.5. The normalized spacial score (nSPS) is 20.8. The highest BCUT2D eigenvalue weighted by molar-refractivity contribution is 5.95. The SMILES string of the molecule is [2H]CN(C[2H])CCCC[C@@H](C(=O)N1CCN(C2=NC(C)(C)[C@H](c3ccccc3)O2)C[C@H]1C(=O)NCc1ccc(C(N)=O)c(OC)c1)N(C[2H])C[2H]. The average Bonchev–Trinajstić information content (AvgIpc) is 3.47. The largest absolute Gasteiger partial charge is 0.496 e. The molecule has 2 heterocycles. The molecule has 3 N–H and O–H groups in total. The van der Waals surface area contributed by atoms with Gasteiger partial charge in [-0.2, -0.15) is 0 Å². The number of nitrogens with two attached hydrogens (primary N) is 1. The quantitative estimate of drug-likeness (QED) is 0.315. The van der Waals surface area contributed by atoms with Crippen LogP contribution in [0.2, 0.25) is 0 Å². The predicted molar refractivity (Wildman–Crippen MR) is 182 cm³/mol. The van der Waals surface area contributed by atoms with Gasteiger partial charge in [0.2, 0.25) is 11.8 Å². The number of hydrogen-bond donors (Lipinski definition) is 2. The van der Waals surface area contributed by atoms with Gasteiger partial charge in [-0.3, -0.25) is 19.3 Å². The van der Waals surface area contributed by atoms with Crippen LogP contribution in [0, 0.1) is 0 Å². The average molecular weight is 654 g/mol. The lowest BCUT2D eigenvalue weighted by Gasteiger charge is -2.42. The molecule has 1 saturated heterocycles. The van der Waals surface area contributed by atoms with E-state index in [-0.39, 0.29) is 71.1 Å². The zero-order valence-corrected chi connectivity index (χ0v) is 27.7. The number of carbonyl (C=O) groups excluding carboxylic acids is 3. The summed E-state index contributed by atoms with van der Waals surface area (Å²) < 4.78 is 43.0. The zero-order valence-electron chi connectivity index (χ0n) is 31.7.